The van der Waals surface area contributed by atoms with Crippen molar-refractivity contribution in [3.05, 3.63) is 54.1 Å². The van der Waals surface area contributed by atoms with Crippen molar-refractivity contribution in [2.24, 2.45) is 0 Å². The molecule has 2 rings (SSSR count). The summed E-state index contributed by atoms with van der Waals surface area (Å²) < 4.78 is 2.03. The summed E-state index contributed by atoms with van der Waals surface area (Å²) in [7, 11) is 0. The minimum atomic E-state index is -0.569. The molecule has 0 radical (unpaired) electrons. The monoisotopic (exact) mass is 374 g/mol. The zero-order chi connectivity index (χ0) is 12.6. The number of benzene rings is 1. The Bertz CT molecular complexity index is 529. The van der Waals surface area contributed by atoms with Gasteiger partial charge in [-0.2, -0.15) is 0 Å². The standard InChI is InChI=1S/C13H12Br2OS/c1-7-3-4-9(10(14)5-7)12(16)11-6-8(2)13(15)17-11/h3-6,12,16H,1-2H3. The molecule has 4 heteroatoms. The van der Waals surface area contributed by atoms with Gasteiger partial charge in [0, 0.05) is 9.35 Å². The van der Waals surface area contributed by atoms with E-state index >= 15 is 0 Å². The van der Waals surface area contributed by atoms with Crippen molar-refractivity contribution >= 4 is 43.2 Å². The Morgan fingerprint density at radius 3 is 2.41 bits per heavy atom. The summed E-state index contributed by atoms with van der Waals surface area (Å²) in [5.74, 6) is 0. The van der Waals surface area contributed by atoms with Gasteiger partial charge in [0.1, 0.15) is 6.10 Å². The summed E-state index contributed by atoms with van der Waals surface area (Å²) in [6, 6.07) is 8.02. The van der Waals surface area contributed by atoms with Crippen LogP contribution < -0.4 is 0 Å². The highest BCUT2D eigenvalue weighted by molar-refractivity contribution is 9.11. The van der Waals surface area contributed by atoms with E-state index < -0.39 is 6.10 Å². The molecule has 1 unspecified atom stereocenters. The van der Waals surface area contributed by atoms with Crippen molar-refractivity contribution in [3.8, 4) is 0 Å². The van der Waals surface area contributed by atoms with Crippen LogP contribution in [0.5, 0.6) is 0 Å². The van der Waals surface area contributed by atoms with Gasteiger partial charge >= 0.3 is 0 Å². The lowest BCUT2D eigenvalue weighted by Gasteiger charge is -2.11. The Hall–Kier alpha value is -0.160. The quantitative estimate of drug-likeness (QED) is 0.785. The van der Waals surface area contributed by atoms with E-state index in [9.17, 15) is 5.11 Å². The van der Waals surface area contributed by atoms with E-state index in [1.165, 1.54) is 5.56 Å². The van der Waals surface area contributed by atoms with Gasteiger partial charge in [-0.05, 0) is 58.6 Å². The molecule has 0 saturated carbocycles. The number of aliphatic hydroxyl groups excluding tert-OH is 1. The number of aryl methyl sites for hydroxylation is 2. The summed E-state index contributed by atoms with van der Waals surface area (Å²) >= 11 is 8.56. The van der Waals surface area contributed by atoms with Gasteiger partial charge in [-0.25, -0.2) is 0 Å². The number of rotatable bonds is 2. The number of aliphatic hydroxyl groups is 1. The molecule has 0 amide bonds. The van der Waals surface area contributed by atoms with Gasteiger partial charge in [0.15, 0.2) is 0 Å². The van der Waals surface area contributed by atoms with Crippen LogP contribution in [0.15, 0.2) is 32.5 Å². The molecule has 0 spiro atoms. The van der Waals surface area contributed by atoms with Gasteiger partial charge in [-0.1, -0.05) is 28.1 Å². The van der Waals surface area contributed by atoms with E-state index in [-0.39, 0.29) is 0 Å². The van der Waals surface area contributed by atoms with Crippen LogP contribution in [0.2, 0.25) is 0 Å². The molecule has 0 aliphatic carbocycles. The van der Waals surface area contributed by atoms with E-state index in [1.807, 2.05) is 38.1 Å². The van der Waals surface area contributed by atoms with Crippen LogP contribution in [-0.4, -0.2) is 5.11 Å². The first-order valence-corrected chi connectivity index (χ1v) is 7.59. The van der Waals surface area contributed by atoms with Crippen LogP contribution in [-0.2, 0) is 0 Å². The fraction of sp³-hybridized carbons (Fsp3) is 0.231. The molecule has 0 bridgehead atoms. The third-order valence-electron chi connectivity index (χ3n) is 2.60. The van der Waals surface area contributed by atoms with Gasteiger partial charge in [-0.15, -0.1) is 11.3 Å². The molecular formula is C13H12Br2OS. The maximum absolute atomic E-state index is 10.4. The highest BCUT2D eigenvalue weighted by atomic mass is 79.9. The zero-order valence-corrected chi connectivity index (χ0v) is 13.5. The number of hydrogen-bond donors (Lipinski definition) is 1. The molecule has 0 aliphatic heterocycles. The Balaban J connectivity index is 2.39. The fourth-order valence-electron chi connectivity index (χ4n) is 1.63. The van der Waals surface area contributed by atoms with E-state index in [0.717, 1.165) is 24.3 Å². The second-order valence-electron chi connectivity index (χ2n) is 4.03. The molecule has 1 aromatic carbocycles. The molecule has 17 heavy (non-hydrogen) atoms. The van der Waals surface area contributed by atoms with Gasteiger partial charge in [0.2, 0.25) is 0 Å². The highest BCUT2D eigenvalue weighted by Crippen LogP contribution is 2.36. The topological polar surface area (TPSA) is 20.2 Å². The summed E-state index contributed by atoms with van der Waals surface area (Å²) in [6.45, 7) is 4.06. The Morgan fingerprint density at radius 1 is 1.18 bits per heavy atom. The van der Waals surface area contributed by atoms with E-state index in [4.69, 9.17) is 0 Å². The predicted molar refractivity (Wildman–Crippen MR) is 79.7 cm³/mol. The number of hydrogen-bond acceptors (Lipinski definition) is 2. The first-order chi connectivity index (χ1) is 7.99. The molecule has 1 atom stereocenters. The Morgan fingerprint density at radius 2 is 1.88 bits per heavy atom. The fourth-order valence-corrected chi connectivity index (χ4v) is 3.91. The molecule has 0 fully saturated rings. The lowest BCUT2D eigenvalue weighted by molar-refractivity contribution is 0.223. The van der Waals surface area contributed by atoms with Crippen molar-refractivity contribution < 1.29 is 5.11 Å². The maximum Gasteiger partial charge on any atom is 0.114 e. The van der Waals surface area contributed by atoms with Crippen molar-refractivity contribution in [1.29, 1.82) is 0 Å². The largest absolute Gasteiger partial charge is 0.383 e. The summed E-state index contributed by atoms with van der Waals surface area (Å²) in [4.78, 5) is 0.957. The second-order valence-corrected chi connectivity index (χ2v) is 7.29. The van der Waals surface area contributed by atoms with Crippen molar-refractivity contribution in [1.82, 2.24) is 0 Å². The average molecular weight is 376 g/mol. The van der Waals surface area contributed by atoms with Crippen molar-refractivity contribution in [3.63, 3.8) is 0 Å². The normalized spacial score (nSPS) is 12.8. The third-order valence-corrected chi connectivity index (χ3v) is 5.47. The van der Waals surface area contributed by atoms with Crippen LogP contribution in [0.1, 0.15) is 27.7 Å². The minimum absolute atomic E-state index is 0.569. The van der Waals surface area contributed by atoms with E-state index in [0.29, 0.717) is 0 Å². The number of halogens is 2. The molecular weight excluding hydrogens is 364 g/mol. The summed E-state index contributed by atoms with van der Waals surface area (Å²) in [5, 5.41) is 10.4. The Kier molecular flexibility index (Phi) is 4.08. The molecule has 90 valence electrons. The lowest BCUT2D eigenvalue weighted by Crippen LogP contribution is -1.98. The molecule has 1 heterocycles. The van der Waals surface area contributed by atoms with Gasteiger partial charge in [0.25, 0.3) is 0 Å². The first kappa shape index (κ1) is 13.3. The number of thiophene rings is 1. The molecule has 1 aromatic heterocycles. The summed E-state index contributed by atoms with van der Waals surface area (Å²) in [6.07, 6.45) is -0.569. The molecule has 0 aliphatic rings. The maximum atomic E-state index is 10.4. The van der Waals surface area contributed by atoms with Crippen LogP contribution in [0, 0.1) is 13.8 Å². The van der Waals surface area contributed by atoms with Gasteiger partial charge in [0.05, 0.1) is 3.79 Å². The van der Waals surface area contributed by atoms with Crippen molar-refractivity contribution in [2.75, 3.05) is 0 Å². The molecule has 0 saturated heterocycles. The second kappa shape index (κ2) is 5.22. The average Bonchev–Trinajstić information content (AvgIpc) is 2.58. The van der Waals surface area contributed by atoms with Gasteiger partial charge < -0.3 is 5.11 Å². The van der Waals surface area contributed by atoms with Crippen LogP contribution in [0.4, 0.5) is 0 Å². The first-order valence-electron chi connectivity index (χ1n) is 5.19. The van der Waals surface area contributed by atoms with Gasteiger partial charge in [-0.3, -0.25) is 0 Å². The van der Waals surface area contributed by atoms with E-state index in [2.05, 4.69) is 31.9 Å². The zero-order valence-electron chi connectivity index (χ0n) is 9.50. The molecule has 1 nitrogen and oxygen atoms in total. The summed E-state index contributed by atoms with van der Waals surface area (Å²) in [5.41, 5.74) is 3.24. The lowest BCUT2D eigenvalue weighted by atomic mass is 10.1. The van der Waals surface area contributed by atoms with Crippen LogP contribution in [0.3, 0.4) is 0 Å². The third kappa shape index (κ3) is 2.81. The minimum Gasteiger partial charge on any atom is -0.383 e. The molecule has 1 N–H and O–H groups in total. The van der Waals surface area contributed by atoms with E-state index in [1.54, 1.807) is 11.3 Å². The predicted octanol–water partition coefficient (Wildman–Crippen LogP) is 4.97. The molecule has 2 aromatic rings. The van der Waals surface area contributed by atoms with Crippen molar-refractivity contribution in [2.45, 2.75) is 20.0 Å². The van der Waals surface area contributed by atoms with Crippen LogP contribution in [0.25, 0.3) is 0 Å². The SMILES string of the molecule is Cc1ccc(C(O)c2cc(C)c(Br)s2)c(Br)c1. The highest BCUT2D eigenvalue weighted by Gasteiger charge is 2.16. The Labute approximate surface area is 122 Å². The van der Waals surface area contributed by atoms with Crippen LogP contribution >= 0.6 is 43.2 Å². The smallest absolute Gasteiger partial charge is 0.114 e.